The van der Waals surface area contributed by atoms with Gasteiger partial charge in [-0.2, -0.15) is 0 Å². The van der Waals surface area contributed by atoms with Gasteiger partial charge in [0.2, 0.25) is 5.91 Å². The van der Waals surface area contributed by atoms with Crippen molar-refractivity contribution >= 4 is 28.5 Å². The molecule has 0 bridgehead atoms. The summed E-state index contributed by atoms with van der Waals surface area (Å²) >= 11 is 2.25. The van der Waals surface area contributed by atoms with E-state index in [0.717, 1.165) is 9.13 Å². The zero-order valence-electron chi connectivity index (χ0n) is 9.59. The highest BCUT2D eigenvalue weighted by molar-refractivity contribution is 14.1. The summed E-state index contributed by atoms with van der Waals surface area (Å²) in [5.74, 6) is 0.0732. The van der Waals surface area contributed by atoms with Crippen molar-refractivity contribution < 1.29 is 4.79 Å². The zero-order chi connectivity index (χ0) is 12.0. The smallest absolute Gasteiger partial charge is 0.224 e. The fourth-order valence-electron chi connectivity index (χ4n) is 1.26. The van der Waals surface area contributed by atoms with Gasteiger partial charge in [0.05, 0.1) is 6.42 Å². The summed E-state index contributed by atoms with van der Waals surface area (Å²) in [4.78, 5) is 11.6. The van der Waals surface area contributed by atoms with Crippen LogP contribution in [-0.2, 0) is 11.2 Å². The molecule has 0 aliphatic carbocycles. The second-order valence-corrected chi connectivity index (χ2v) is 5.05. The lowest BCUT2D eigenvalue weighted by Crippen LogP contribution is -2.37. The predicted molar refractivity (Wildman–Crippen MR) is 74.4 cm³/mol. The van der Waals surface area contributed by atoms with Gasteiger partial charge < -0.3 is 10.6 Å². The van der Waals surface area contributed by atoms with Gasteiger partial charge >= 0.3 is 0 Å². The van der Waals surface area contributed by atoms with Gasteiger partial charge in [0.1, 0.15) is 0 Å². The molecule has 0 aliphatic heterocycles. The maximum atomic E-state index is 11.6. The van der Waals surface area contributed by atoms with Crippen LogP contribution in [0.2, 0.25) is 0 Å². The van der Waals surface area contributed by atoms with Crippen molar-refractivity contribution in [2.45, 2.75) is 19.4 Å². The minimum absolute atomic E-state index is 0.0732. The number of hydrogen-bond acceptors (Lipinski definition) is 2. The van der Waals surface area contributed by atoms with E-state index in [-0.39, 0.29) is 5.91 Å². The van der Waals surface area contributed by atoms with Crippen molar-refractivity contribution in [2.24, 2.45) is 0 Å². The highest BCUT2D eigenvalue weighted by Gasteiger charge is 2.05. The van der Waals surface area contributed by atoms with Crippen LogP contribution in [0.15, 0.2) is 24.3 Å². The average molecular weight is 332 g/mol. The first-order chi connectivity index (χ1) is 7.61. The minimum Gasteiger partial charge on any atom is -0.354 e. The molecule has 0 radical (unpaired) electrons. The van der Waals surface area contributed by atoms with Crippen molar-refractivity contribution in [2.75, 3.05) is 13.6 Å². The molecule has 1 aromatic rings. The molecule has 0 aliphatic rings. The third-order valence-corrected chi connectivity index (χ3v) is 3.02. The van der Waals surface area contributed by atoms with Gasteiger partial charge in [-0.15, -0.1) is 0 Å². The summed E-state index contributed by atoms with van der Waals surface area (Å²) in [6.45, 7) is 2.70. The van der Waals surface area contributed by atoms with Gasteiger partial charge in [0.15, 0.2) is 0 Å². The van der Waals surface area contributed by atoms with Gasteiger partial charge in [-0.05, 0) is 54.3 Å². The Morgan fingerprint density at radius 2 is 2.25 bits per heavy atom. The molecule has 1 unspecified atom stereocenters. The second-order valence-electron chi connectivity index (χ2n) is 3.80. The SMILES string of the molecule is CNC(C)CNC(=O)Cc1cccc(I)c1. The molecule has 0 aromatic heterocycles. The van der Waals surface area contributed by atoms with Crippen LogP contribution in [0.3, 0.4) is 0 Å². The van der Waals surface area contributed by atoms with Crippen LogP contribution in [0.4, 0.5) is 0 Å². The number of hydrogen-bond donors (Lipinski definition) is 2. The summed E-state index contributed by atoms with van der Waals surface area (Å²) in [6.07, 6.45) is 0.452. The number of amides is 1. The fraction of sp³-hybridized carbons (Fsp3) is 0.417. The quantitative estimate of drug-likeness (QED) is 0.804. The van der Waals surface area contributed by atoms with E-state index in [2.05, 4.69) is 33.2 Å². The maximum Gasteiger partial charge on any atom is 0.224 e. The highest BCUT2D eigenvalue weighted by Crippen LogP contribution is 2.08. The number of carbonyl (C=O) groups excluding carboxylic acids is 1. The third-order valence-electron chi connectivity index (χ3n) is 2.35. The molecule has 1 aromatic carbocycles. The van der Waals surface area contributed by atoms with E-state index >= 15 is 0 Å². The molecule has 2 N–H and O–H groups in total. The van der Waals surface area contributed by atoms with Crippen molar-refractivity contribution in [3.05, 3.63) is 33.4 Å². The van der Waals surface area contributed by atoms with E-state index in [0.29, 0.717) is 19.0 Å². The molecule has 0 saturated heterocycles. The van der Waals surface area contributed by atoms with Crippen molar-refractivity contribution in [1.29, 1.82) is 0 Å². The van der Waals surface area contributed by atoms with E-state index in [9.17, 15) is 4.79 Å². The number of likely N-dealkylation sites (N-methyl/N-ethyl adjacent to an activating group) is 1. The lowest BCUT2D eigenvalue weighted by Gasteiger charge is -2.11. The Morgan fingerprint density at radius 1 is 1.50 bits per heavy atom. The standard InChI is InChI=1S/C12H17IN2O/c1-9(14-2)8-15-12(16)7-10-4-3-5-11(13)6-10/h3-6,9,14H,7-8H2,1-2H3,(H,15,16). The Bertz CT molecular complexity index is 355. The molecule has 88 valence electrons. The van der Waals surface area contributed by atoms with E-state index < -0.39 is 0 Å². The molecule has 0 saturated carbocycles. The van der Waals surface area contributed by atoms with Crippen LogP contribution in [-0.4, -0.2) is 25.5 Å². The molecule has 4 heteroatoms. The largest absolute Gasteiger partial charge is 0.354 e. The van der Waals surface area contributed by atoms with Crippen molar-refractivity contribution in [1.82, 2.24) is 10.6 Å². The molecule has 16 heavy (non-hydrogen) atoms. The topological polar surface area (TPSA) is 41.1 Å². The molecule has 1 rings (SSSR count). The van der Waals surface area contributed by atoms with Gasteiger partial charge in [-0.3, -0.25) is 4.79 Å². The summed E-state index contributed by atoms with van der Waals surface area (Å²) < 4.78 is 1.16. The van der Waals surface area contributed by atoms with Crippen LogP contribution < -0.4 is 10.6 Å². The summed E-state index contributed by atoms with van der Waals surface area (Å²) in [5.41, 5.74) is 1.06. The van der Waals surface area contributed by atoms with Gasteiger partial charge in [-0.25, -0.2) is 0 Å². The van der Waals surface area contributed by atoms with E-state index in [1.165, 1.54) is 0 Å². The van der Waals surface area contributed by atoms with E-state index in [1.807, 2.05) is 38.2 Å². The Morgan fingerprint density at radius 3 is 2.88 bits per heavy atom. The lowest BCUT2D eigenvalue weighted by molar-refractivity contribution is -0.120. The molecule has 0 spiro atoms. The summed E-state index contributed by atoms with van der Waals surface area (Å²) in [5, 5.41) is 5.97. The first kappa shape index (κ1) is 13.4. The van der Waals surface area contributed by atoms with Crippen LogP contribution in [0.25, 0.3) is 0 Å². The molecule has 1 amide bonds. The normalized spacial score (nSPS) is 12.2. The highest BCUT2D eigenvalue weighted by atomic mass is 127. The van der Waals surface area contributed by atoms with Crippen LogP contribution in [0.1, 0.15) is 12.5 Å². The molecular weight excluding hydrogens is 315 g/mol. The summed E-state index contributed by atoms with van der Waals surface area (Å²) in [6, 6.07) is 8.30. The van der Waals surface area contributed by atoms with Crippen LogP contribution >= 0.6 is 22.6 Å². The number of benzene rings is 1. The van der Waals surface area contributed by atoms with Crippen molar-refractivity contribution in [3.63, 3.8) is 0 Å². The molecule has 3 nitrogen and oxygen atoms in total. The first-order valence-corrected chi connectivity index (χ1v) is 6.38. The minimum atomic E-state index is 0.0732. The van der Waals surface area contributed by atoms with Gasteiger partial charge in [0, 0.05) is 16.2 Å². The fourth-order valence-corrected chi connectivity index (χ4v) is 1.87. The van der Waals surface area contributed by atoms with E-state index in [4.69, 9.17) is 0 Å². The first-order valence-electron chi connectivity index (χ1n) is 5.30. The zero-order valence-corrected chi connectivity index (χ0v) is 11.7. The van der Waals surface area contributed by atoms with E-state index in [1.54, 1.807) is 0 Å². The summed E-state index contributed by atoms with van der Waals surface area (Å²) in [7, 11) is 1.89. The van der Waals surface area contributed by atoms with Gasteiger partial charge in [-0.1, -0.05) is 12.1 Å². The Kier molecular flexibility index (Phi) is 5.76. The molecule has 0 fully saturated rings. The number of rotatable bonds is 5. The Balaban J connectivity index is 2.40. The molecule has 0 heterocycles. The Labute approximate surface area is 110 Å². The number of carbonyl (C=O) groups is 1. The van der Waals surface area contributed by atoms with Crippen LogP contribution in [0.5, 0.6) is 0 Å². The number of halogens is 1. The van der Waals surface area contributed by atoms with Crippen molar-refractivity contribution in [3.8, 4) is 0 Å². The average Bonchev–Trinajstić information content (AvgIpc) is 2.26. The maximum absolute atomic E-state index is 11.6. The van der Waals surface area contributed by atoms with Crippen LogP contribution in [0, 0.1) is 3.57 Å². The third kappa shape index (κ3) is 4.94. The Hall–Kier alpha value is -0.620. The monoisotopic (exact) mass is 332 g/mol. The second kappa shape index (κ2) is 6.85. The molecular formula is C12H17IN2O. The number of nitrogens with one attached hydrogen (secondary N) is 2. The molecule has 1 atom stereocenters. The van der Waals surface area contributed by atoms with Gasteiger partial charge in [0.25, 0.3) is 0 Å². The lowest BCUT2D eigenvalue weighted by atomic mass is 10.1. The predicted octanol–water partition coefficient (Wildman–Crippen LogP) is 1.56.